The zero-order valence-corrected chi connectivity index (χ0v) is 17.1. The zero-order chi connectivity index (χ0) is 18.6. The molecule has 2 aromatic rings. The molecule has 0 saturated heterocycles. The lowest BCUT2D eigenvalue weighted by atomic mass is 10.3. The van der Waals surface area contributed by atoms with Crippen LogP contribution in [0.25, 0.3) is 0 Å². The Morgan fingerprint density at radius 3 is 2.72 bits per heavy atom. The SMILES string of the molecule is CCCCn1c(SCC(=O)Nc2ncc(Cl)c(C)c2Cl)nc(C)c1C. The van der Waals surface area contributed by atoms with Gasteiger partial charge in [0.2, 0.25) is 5.91 Å². The maximum atomic E-state index is 12.3. The van der Waals surface area contributed by atoms with Crippen LogP contribution in [0.3, 0.4) is 0 Å². The molecule has 2 rings (SSSR count). The van der Waals surface area contributed by atoms with Gasteiger partial charge in [-0.25, -0.2) is 9.97 Å². The van der Waals surface area contributed by atoms with Gasteiger partial charge in [-0.15, -0.1) is 0 Å². The van der Waals surface area contributed by atoms with E-state index >= 15 is 0 Å². The lowest BCUT2D eigenvalue weighted by Gasteiger charge is -2.10. The first kappa shape index (κ1) is 20.1. The average Bonchev–Trinajstić information content (AvgIpc) is 2.86. The number of hydrogen-bond acceptors (Lipinski definition) is 4. The van der Waals surface area contributed by atoms with Crippen LogP contribution in [0.2, 0.25) is 10.0 Å². The predicted octanol–water partition coefficient (Wildman–Crippen LogP) is 5.04. The van der Waals surface area contributed by atoms with Crippen LogP contribution in [0.1, 0.15) is 36.7 Å². The fourth-order valence-electron chi connectivity index (χ4n) is 2.26. The molecule has 136 valence electrons. The summed E-state index contributed by atoms with van der Waals surface area (Å²) in [5.41, 5.74) is 2.84. The van der Waals surface area contributed by atoms with E-state index in [4.69, 9.17) is 23.2 Å². The molecule has 1 amide bonds. The van der Waals surface area contributed by atoms with Crippen molar-refractivity contribution in [3.8, 4) is 0 Å². The maximum Gasteiger partial charge on any atom is 0.236 e. The van der Waals surface area contributed by atoms with E-state index in [2.05, 4.69) is 33.7 Å². The second kappa shape index (κ2) is 8.92. The summed E-state index contributed by atoms with van der Waals surface area (Å²) in [5, 5.41) is 4.44. The molecular formula is C17H22Cl2N4OS. The number of imidazole rings is 1. The normalized spacial score (nSPS) is 11.0. The number of aromatic nitrogens is 3. The van der Waals surface area contributed by atoms with Gasteiger partial charge in [-0.3, -0.25) is 4.79 Å². The number of carbonyl (C=O) groups excluding carboxylic acids is 1. The molecule has 25 heavy (non-hydrogen) atoms. The van der Waals surface area contributed by atoms with Gasteiger partial charge in [0.25, 0.3) is 0 Å². The van der Waals surface area contributed by atoms with Crippen molar-refractivity contribution < 1.29 is 4.79 Å². The average molecular weight is 401 g/mol. The topological polar surface area (TPSA) is 59.8 Å². The Balaban J connectivity index is 2.03. The van der Waals surface area contributed by atoms with Gasteiger partial charge in [-0.1, -0.05) is 48.3 Å². The molecule has 0 radical (unpaired) electrons. The molecule has 0 aliphatic rings. The number of rotatable bonds is 7. The van der Waals surface area contributed by atoms with Crippen LogP contribution in [0.15, 0.2) is 11.4 Å². The molecule has 0 aliphatic heterocycles. The molecule has 0 unspecified atom stereocenters. The number of anilines is 1. The van der Waals surface area contributed by atoms with E-state index < -0.39 is 0 Å². The number of amides is 1. The van der Waals surface area contributed by atoms with Gasteiger partial charge >= 0.3 is 0 Å². The van der Waals surface area contributed by atoms with Crippen LogP contribution in [-0.4, -0.2) is 26.2 Å². The van der Waals surface area contributed by atoms with Crippen molar-refractivity contribution in [3.63, 3.8) is 0 Å². The van der Waals surface area contributed by atoms with Crippen LogP contribution in [0.5, 0.6) is 0 Å². The summed E-state index contributed by atoms with van der Waals surface area (Å²) in [7, 11) is 0. The van der Waals surface area contributed by atoms with Crippen LogP contribution < -0.4 is 5.32 Å². The molecule has 2 aromatic heterocycles. The number of carbonyl (C=O) groups is 1. The molecule has 5 nitrogen and oxygen atoms in total. The van der Waals surface area contributed by atoms with E-state index in [0.717, 1.165) is 35.9 Å². The summed E-state index contributed by atoms with van der Waals surface area (Å²) in [4.78, 5) is 20.9. The van der Waals surface area contributed by atoms with Gasteiger partial charge in [-0.2, -0.15) is 0 Å². The number of thioether (sulfide) groups is 1. The fraction of sp³-hybridized carbons (Fsp3) is 0.471. The summed E-state index contributed by atoms with van der Waals surface area (Å²) >= 11 is 13.6. The number of nitrogens with zero attached hydrogens (tertiary/aromatic N) is 3. The van der Waals surface area contributed by atoms with Crippen molar-refractivity contribution >= 4 is 46.7 Å². The molecule has 0 aliphatic carbocycles. The minimum atomic E-state index is -0.179. The molecule has 1 N–H and O–H groups in total. The Bertz CT molecular complexity index is 776. The molecule has 0 aromatic carbocycles. The van der Waals surface area contributed by atoms with E-state index in [1.165, 1.54) is 18.0 Å². The van der Waals surface area contributed by atoms with Gasteiger partial charge in [-0.05, 0) is 32.8 Å². The molecule has 0 fully saturated rings. The summed E-state index contributed by atoms with van der Waals surface area (Å²) in [6.45, 7) is 8.90. The molecule has 0 atom stereocenters. The lowest BCUT2D eigenvalue weighted by Crippen LogP contribution is -2.16. The van der Waals surface area contributed by atoms with E-state index in [-0.39, 0.29) is 11.7 Å². The van der Waals surface area contributed by atoms with Gasteiger partial charge in [0.15, 0.2) is 11.0 Å². The van der Waals surface area contributed by atoms with Gasteiger partial charge in [0, 0.05) is 18.4 Å². The van der Waals surface area contributed by atoms with Crippen LogP contribution >= 0.6 is 35.0 Å². The first-order chi connectivity index (χ1) is 11.8. The van der Waals surface area contributed by atoms with Crippen molar-refractivity contribution in [1.82, 2.24) is 14.5 Å². The van der Waals surface area contributed by atoms with E-state index in [1.807, 2.05) is 6.92 Å². The second-order valence-electron chi connectivity index (χ2n) is 5.80. The smallest absolute Gasteiger partial charge is 0.236 e. The Labute approximate surface area is 162 Å². The quantitative estimate of drug-likeness (QED) is 0.661. The summed E-state index contributed by atoms with van der Waals surface area (Å²) in [6.07, 6.45) is 3.68. The molecule has 2 heterocycles. The molecule has 0 bridgehead atoms. The molecule has 0 saturated carbocycles. The number of aryl methyl sites for hydroxylation is 1. The van der Waals surface area contributed by atoms with Crippen molar-refractivity contribution in [2.24, 2.45) is 0 Å². The van der Waals surface area contributed by atoms with Crippen LogP contribution in [0, 0.1) is 20.8 Å². The fourth-order valence-corrected chi connectivity index (χ4v) is 3.56. The largest absolute Gasteiger partial charge is 0.323 e. The molecular weight excluding hydrogens is 379 g/mol. The Hall–Kier alpha value is -1.24. The van der Waals surface area contributed by atoms with Crippen molar-refractivity contribution in [2.75, 3.05) is 11.1 Å². The van der Waals surface area contributed by atoms with E-state index in [1.54, 1.807) is 6.92 Å². The van der Waals surface area contributed by atoms with E-state index in [9.17, 15) is 4.79 Å². The summed E-state index contributed by atoms with van der Waals surface area (Å²) in [5.74, 6) is 0.388. The lowest BCUT2D eigenvalue weighted by molar-refractivity contribution is -0.113. The third-order valence-corrected chi connectivity index (χ3v) is 5.77. The van der Waals surface area contributed by atoms with Gasteiger partial charge in [0.05, 0.1) is 21.5 Å². The highest BCUT2D eigenvalue weighted by atomic mass is 35.5. The third kappa shape index (κ3) is 4.90. The van der Waals surface area contributed by atoms with Gasteiger partial charge < -0.3 is 9.88 Å². The number of hydrogen-bond donors (Lipinski definition) is 1. The number of unbranched alkanes of at least 4 members (excludes halogenated alkanes) is 1. The third-order valence-electron chi connectivity index (χ3n) is 3.95. The summed E-state index contributed by atoms with van der Waals surface area (Å²) < 4.78 is 2.18. The van der Waals surface area contributed by atoms with Crippen LogP contribution in [-0.2, 0) is 11.3 Å². The standard InChI is InChI=1S/C17H22Cl2N4OS/c1-5-6-7-23-12(4)11(3)21-17(23)25-9-14(24)22-16-15(19)10(2)13(18)8-20-16/h8H,5-7,9H2,1-4H3,(H,20,22,24). The highest BCUT2D eigenvalue weighted by Crippen LogP contribution is 2.29. The molecule has 8 heteroatoms. The predicted molar refractivity (Wildman–Crippen MR) is 105 cm³/mol. The Morgan fingerprint density at radius 1 is 1.32 bits per heavy atom. The maximum absolute atomic E-state index is 12.3. The van der Waals surface area contributed by atoms with Crippen molar-refractivity contribution in [1.29, 1.82) is 0 Å². The monoisotopic (exact) mass is 400 g/mol. The number of halogens is 2. The number of pyridine rings is 1. The van der Waals surface area contributed by atoms with Gasteiger partial charge in [0.1, 0.15) is 0 Å². The summed E-state index contributed by atoms with van der Waals surface area (Å²) in [6, 6.07) is 0. The number of nitrogens with one attached hydrogen (secondary N) is 1. The Morgan fingerprint density at radius 2 is 2.04 bits per heavy atom. The first-order valence-corrected chi connectivity index (χ1v) is 9.86. The highest BCUT2D eigenvalue weighted by Gasteiger charge is 2.15. The first-order valence-electron chi connectivity index (χ1n) is 8.12. The Kier molecular flexibility index (Phi) is 7.16. The van der Waals surface area contributed by atoms with Crippen molar-refractivity contribution in [3.05, 3.63) is 33.2 Å². The second-order valence-corrected chi connectivity index (χ2v) is 7.53. The minimum absolute atomic E-state index is 0.179. The molecule has 0 spiro atoms. The van der Waals surface area contributed by atoms with E-state index in [0.29, 0.717) is 21.4 Å². The minimum Gasteiger partial charge on any atom is -0.323 e. The highest BCUT2D eigenvalue weighted by molar-refractivity contribution is 7.99. The zero-order valence-electron chi connectivity index (χ0n) is 14.8. The van der Waals surface area contributed by atoms with Crippen molar-refractivity contribution in [2.45, 2.75) is 52.2 Å². The van der Waals surface area contributed by atoms with Crippen LogP contribution in [0.4, 0.5) is 5.82 Å².